The third kappa shape index (κ3) is 8.84. The van der Waals surface area contributed by atoms with Crippen LogP contribution in [0, 0.1) is 6.92 Å². The molecule has 1 heterocycles. The number of ether oxygens (including phenoxy) is 2. The second kappa shape index (κ2) is 15.0. The average Bonchev–Trinajstić information content (AvgIpc) is 2.82. The van der Waals surface area contributed by atoms with E-state index >= 15 is 0 Å². The summed E-state index contributed by atoms with van der Waals surface area (Å²) >= 11 is 1.52. The van der Waals surface area contributed by atoms with Gasteiger partial charge >= 0.3 is 11.7 Å². The van der Waals surface area contributed by atoms with Crippen LogP contribution < -0.4 is 16.6 Å². The minimum Gasteiger partial charge on any atom is -0.486 e. The summed E-state index contributed by atoms with van der Waals surface area (Å²) in [7, 11) is 1.29. The number of carbonyl (C=O) groups is 1. The fourth-order valence-corrected chi connectivity index (χ4v) is 3.63. The molecule has 1 aromatic carbocycles. The number of H-pyrrole nitrogens is 1. The number of esters is 1. The van der Waals surface area contributed by atoms with E-state index in [-0.39, 0.29) is 17.9 Å². The smallest absolute Gasteiger partial charge is 0.372 e. The maximum atomic E-state index is 12.4. The van der Waals surface area contributed by atoms with Gasteiger partial charge in [0.1, 0.15) is 5.82 Å². The molecule has 182 valence electrons. The van der Waals surface area contributed by atoms with Crippen molar-refractivity contribution in [3.63, 3.8) is 0 Å². The molecule has 0 amide bonds. The van der Waals surface area contributed by atoms with Crippen molar-refractivity contribution in [2.75, 3.05) is 30.5 Å². The van der Waals surface area contributed by atoms with E-state index in [1.165, 1.54) is 36.1 Å². The third-order valence-electron chi connectivity index (χ3n) is 4.62. The number of thioether (sulfide) groups is 1. The van der Waals surface area contributed by atoms with Gasteiger partial charge in [0.05, 0.1) is 13.7 Å². The lowest BCUT2D eigenvalue weighted by Crippen LogP contribution is -2.35. The number of aromatic nitrogens is 2. The molecule has 0 atom stereocenters. The number of nitrogens with one attached hydrogen (secondary N) is 2. The number of hydrogen-bond acceptors (Lipinski definition) is 7. The lowest BCUT2D eigenvalue weighted by molar-refractivity contribution is -0.140. The summed E-state index contributed by atoms with van der Waals surface area (Å²) in [5.74, 6) is 1.17. The number of carbonyl (C=O) groups excluding carboxylic acids is 1. The lowest BCUT2D eigenvalue weighted by Gasteiger charge is -2.11. The van der Waals surface area contributed by atoms with Crippen LogP contribution in [0.15, 0.2) is 45.7 Å². The zero-order valence-electron chi connectivity index (χ0n) is 20.3. The Hall–Kier alpha value is -2.94. The highest BCUT2D eigenvalue weighted by atomic mass is 32.2. The van der Waals surface area contributed by atoms with E-state index in [4.69, 9.17) is 4.74 Å². The van der Waals surface area contributed by atoms with Gasteiger partial charge in [-0.25, -0.2) is 9.59 Å². The quantitative estimate of drug-likeness (QED) is 0.218. The van der Waals surface area contributed by atoms with Crippen molar-refractivity contribution >= 4 is 29.2 Å². The number of hydrogen-bond donors (Lipinski definition) is 2. The van der Waals surface area contributed by atoms with Crippen LogP contribution in [0.3, 0.4) is 0 Å². The predicted octanol–water partition coefficient (Wildman–Crippen LogP) is 4.00. The number of aryl methyl sites for hydroxylation is 2. The number of benzene rings is 1. The minimum absolute atomic E-state index is 0.165. The van der Waals surface area contributed by atoms with Gasteiger partial charge in [0, 0.05) is 29.8 Å². The Morgan fingerprint density at radius 1 is 1.21 bits per heavy atom. The molecule has 0 aliphatic heterocycles. The average molecular weight is 478 g/mol. The van der Waals surface area contributed by atoms with Crippen molar-refractivity contribution in [1.82, 2.24) is 9.55 Å². The molecule has 2 N–H and O–H groups in total. The molecule has 0 fully saturated rings. The van der Waals surface area contributed by atoms with Crippen LogP contribution in [0.1, 0.15) is 38.8 Å². The number of allylic oxidation sites excluding steroid dienone is 1. The highest BCUT2D eigenvalue weighted by Crippen LogP contribution is 2.18. The summed E-state index contributed by atoms with van der Waals surface area (Å²) in [6.45, 7) is 10.4. The molecule has 2 rings (SSSR count). The van der Waals surface area contributed by atoms with Gasteiger partial charge in [0.2, 0.25) is 0 Å². The van der Waals surface area contributed by atoms with Gasteiger partial charge < -0.3 is 14.8 Å². The summed E-state index contributed by atoms with van der Waals surface area (Å²) in [6.07, 6.45) is 2.45. The fraction of sp³-hybridized carbons (Fsp3) is 0.458. The molecular weight excluding hydrogens is 442 g/mol. The Balaban J connectivity index is 0.00000265. The van der Waals surface area contributed by atoms with Crippen molar-refractivity contribution in [1.29, 1.82) is 0 Å². The lowest BCUT2D eigenvalue weighted by atomic mass is 10.1. The van der Waals surface area contributed by atoms with Crippen LogP contribution in [0.2, 0.25) is 0 Å². The molecule has 0 saturated carbocycles. The number of anilines is 2. The SMILES string of the molecule is C/C=C(\OCCSCCn1c(=O)cc(Nc2ccc(C)c(CC)c2)[nH]c1=O)C(=O)OC.CC. The number of nitrogens with zero attached hydrogens (tertiary/aromatic N) is 1. The monoisotopic (exact) mass is 477 g/mol. The summed E-state index contributed by atoms with van der Waals surface area (Å²) in [6, 6.07) is 7.31. The van der Waals surface area contributed by atoms with Gasteiger partial charge in [-0.15, -0.1) is 0 Å². The Morgan fingerprint density at radius 3 is 2.55 bits per heavy atom. The molecule has 0 radical (unpaired) electrons. The van der Waals surface area contributed by atoms with Gasteiger partial charge in [-0.1, -0.05) is 26.8 Å². The first-order chi connectivity index (χ1) is 15.9. The Bertz CT molecular complexity index is 1010. The van der Waals surface area contributed by atoms with E-state index in [0.717, 1.165) is 16.7 Å². The molecule has 0 spiro atoms. The normalized spacial score (nSPS) is 10.8. The van der Waals surface area contributed by atoms with Crippen LogP contribution in [0.4, 0.5) is 11.5 Å². The Kier molecular flexibility index (Phi) is 12.8. The molecule has 2 aromatic rings. The standard InChI is InChI=1S/C22H29N3O5S.C2H6/c1-5-16-13-17(8-7-15(16)3)23-19-14-20(26)25(22(28)24-19)9-11-31-12-10-30-18(6-2)21(27)29-4;1-2/h6-8,13-14,23H,5,9-12H2,1-4H3,(H,24,28);1-2H3/b18-6-;. The van der Waals surface area contributed by atoms with E-state index in [9.17, 15) is 14.4 Å². The van der Waals surface area contributed by atoms with Gasteiger partial charge in [-0.3, -0.25) is 14.3 Å². The molecule has 8 nitrogen and oxygen atoms in total. The van der Waals surface area contributed by atoms with Crippen LogP contribution in [-0.4, -0.2) is 40.7 Å². The second-order valence-corrected chi connectivity index (χ2v) is 7.93. The van der Waals surface area contributed by atoms with E-state index in [1.807, 2.05) is 39.0 Å². The van der Waals surface area contributed by atoms with E-state index in [1.54, 1.807) is 13.0 Å². The van der Waals surface area contributed by atoms with E-state index < -0.39 is 11.7 Å². The zero-order chi connectivity index (χ0) is 24.8. The van der Waals surface area contributed by atoms with Gasteiger partial charge in [0.15, 0.2) is 5.76 Å². The summed E-state index contributed by atoms with van der Waals surface area (Å²) < 4.78 is 11.1. The largest absolute Gasteiger partial charge is 0.486 e. The Labute approximate surface area is 199 Å². The molecule has 0 bridgehead atoms. The van der Waals surface area contributed by atoms with Crippen molar-refractivity contribution in [3.05, 3.63) is 68.1 Å². The molecule has 0 unspecified atom stereocenters. The molecule has 0 aliphatic carbocycles. The zero-order valence-corrected chi connectivity index (χ0v) is 21.1. The van der Waals surface area contributed by atoms with E-state index in [0.29, 0.717) is 23.9 Å². The number of aromatic amines is 1. The maximum Gasteiger partial charge on any atom is 0.372 e. The predicted molar refractivity (Wildman–Crippen MR) is 136 cm³/mol. The highest BCUT2D eigenvalue weighted by molar-refractivity contribution is 7.99. The summed E-state index contributed by atoms with van der Waals surface area (Å²) in [5.41, 5.74) is 2.39. The third-order valence-corrected chi connectivity index (χ3v) is 5.55. The van der Waals surface area contributed by atoms with E-state index in [2.05, 4.69) is 22.0 Å². The first-order valence-electron chi connectivity index (χ1n) is 11.1. The number of rotatable bonds is 11. The van der Waals surface area contributed by atoms with Gasteiger partial charge in [-0.2, -0.15) is 11.8 Å². The fourth-order valence-electron chi connectivity index (χ4n) is 2.91. The minimum atomic E-state index is -0.518. The first kappa shape index (κ1) is 28.1. The van der Waals surface area contributed by atoms with Crippen molar-refractivity contribution < 1.29 is 14.3 Å². The van der Waals surface area contributed by atoms with Crippen molar-refractivity contribution in [3.8, 4) is 0 Å². The molecular formula is C24H35N3O5S. The summed E-state index contributed by atoms with van der Waals surface area (Å²) in [4.78, 5) is 38.9. The van der Waals surface area contributed by atoms with Crippen molar-refractivity contribution in [2.24, 2.45) is 0 Å². The molecule has 0 saturated heterocycles. The first-order valence-corrected chi connectivity index (χ1v) is 12.2. The Morgan fingerprint density at radius 2 is 1.94 bits per heavy atom. The van der Waals surface area contributed by atoms with Gasteiger partial charge in [-0.05, 0) is 49.6 Å². The molecule has 0 aliphatic rings. The van der Waals surface area contributed by atoms with Crippen LogP contribution in [0.25, 0.3) is 0 Å². The maximum absolute atomic E-state index is 12.4. The summed E-state index contributed by atoms with van der Waals surface area (Å²) in [5, 5.41) is 3.10. The van der Waals surface area contributed by atoms with Crippen molar-refractivity contribution in [2.45, 2.75) is 47.6 Å². The molecule has 33 heavy (non-hydrogen) atoms. The van der Waals surface area contributed by atoms with Crippen LogP contribution >= 0.6 is 11.8 Å². The van der Waals surface area contributed by atoms with Crippen LogP contribution in [-0.2, 0) is 27.2 Å². The molecule has 1 aromatic heterocycles. The van der Waals surface area contributed by atoms with Crippen LogP contribution in [0.5, 0.6) is 0 Å². The molecule has 9 heteroatoms. The van der Waals surface area contributed by atoms with Gasteiger partial charge in [0.25, 0.3) is 5.56 Å². The highest BCUT2D eigenvalue weighted by Gasteiger charge is 2.09. The topological polar surface area (TPSA) is 102 Å². The number of methoxy groups -OCH3 is 1. The second-order valence-electron chi connectivity index (χ2n) is 6.70.